The number of carbonyl (C=O) groups excluding carboxylic acids is 1. The van der Waals surface area contributed by atoms with Gasteiger partial charge >= 0.3 is 12.1 Å². The first-order chi connectivity index (χ1) is 10.8. The molecule has 2 rings (SSSR count). The highest BCUT2D eigenvalue weighted by Crippen LogP contribution is 2.37. The zero-order valence-corrected chi connectivity index (χ0v) is 12.9. The van der Waals surface area contributed by atoms with Crippen molar-refractivity contribution in [1.82, 2.24) is 10.2 Å². The Bertz CT molecular complexity index is 436. The molecule has 0 unspecified atom stereocenters. The number of nitrogens with one attached hydrogen (secondary N) is 1. The van der Waals surface area contributed by atoms with E-state index in [9.17, 15) is 22.8 Å². The predicted octanol–water partition coefficient (Wildman–Crippen LogP) is 1.88. The highest BCUT2D eigenvalue weighted by Gasteiger charge is 2.52. The normalized spacial score (nSPS) is 27.1. The number of carbonyl (C=O) groups is 2. The van der Waals surface area contributed by atoms with Gasteiger partial charge in [0.25, 0.3) is 0 Å². The third kappa shape index (κ3) is 5.09. The van der Waals surface area contributed by atoms with E-state index in [1.165, 1.54) is 11.3 Å². The maximum Gasteiger partial charge on any atom is 0.393 e. The van der Waals surface area contributed by atoms with Gasteiger partial charge in [-0.2, -0.15) is 13.2 Å². The van der Waals surface area contributed by atoms with Crippen LogP contribution in [0.2, 0.25) is 0 Å². The highest BCUT2D eigenvalue weighted by molar-refractivity contribution is 5.78. The first kappa shape index (κ1) is 18.0. The Balaban J connectivity index is 1.80. The van der Waals surface area contributed by atoms with E-state index in [0.29, 0.717) is 12.5 Å². The third-order valence-electron chi connectivity index (χ3n) is 4.81. The van der Waals surface area contributed by atoms with Gasteiger partial charge in [0.05, 0.1) is 18.4 Å². The van der Waals surface area contributed by atoms with E-state index >= 15 is 0 Å². The van der Waals surface area contributed by atoms with Crippen molar-refractivity contribution < 1.29 is 27.9 Å². The average Bonchev–Trinajstić information content (AvgIpc) is 2.90. The summed E-state index contributed by atoms with van der Waals surface area (Å²) in [5.74, 6) is -4.76. The van der Waals surface area contributed by atoms with Crippen molar-refractivity contribution in [3.63, 3.8) is 0 Å². The van der Waals surface area contributed by atoms with Crippen molar-refractivity contribution in [3.05, 3.63) is 0 Å². The molecule has 0 aromatic rings. The summed E-state index contributed by atoms with van der Waals surface area (Å²) in [6.45, 7) is -0.297. The van der Waals surface area contributed by atoms with Crippen LogP contribution in [0.5, 0.6) is 0 Å². The predicted molar refractivity (Wildman–Crippen MR) is 76.7 cm³/mol. The van der Waals surface area contributed by atoms with Crippen LogP contribution in [0.3, 0.4) is 0 Å². The van der Waals surface area contributed by atoms with Crippen LogP contribution < -0.4 is 5.32 Å². The summed E-state index contributed by atoms with van der Waals surface area (Å²) in [7, 11) is 0. The molecular formula is C15H23F3N2O3. The van der Waals surface area contributed by atoms with Crippen LogP contribution >= 0.6 is 0 Å². The summed E-state index contributed by atoms with van der Waals surface area (Å²) >= 11 is 0. The largest absolute Gasteiger partial charge is 0.481 e. The van der Waals surface area contributed by atoms with Crippen molar-refractivity contribution in [2.45, 2.75) is 38.3 Å². The quantitative estimate of drug-likeness (QED) is 0.804. The molecule has 1 saturated heterocycles. The van der Waals surface area contributed by atoms with Crippen molar-refractivity contribution >= 4 is 11.9 Å². The van der Waals surface area contributed by atoms with Gasteiger partial charge in [0.2, 0.25) is 5.91 Å². The number of carboxylic acids is 1. The lowest BCUT2D eigenvalue weighted by atomic mass is 9.89. The Kier molecular flexibility index (Phi) is 5.89. The number of alkyl halides is 3. The SMILES string of the molecule is O=C(CN1C[C@@H](C(F)(F)F)[C@H](C(=O)O)C1)NCC1CCCCC1. The smallest absolute Gasteiger partial charge is 0.393 e. The molecule has 1 amide bonds. The van der Waals surface area contributed by atoms with Crippen LogP contribution in [0.4, 0.5) is 13.2 Å². The molecule has 1 saturated carbocycles. The Hall–Kier alpha value is -1.31. The number of hydrogen-bond acceptors (Lipinski definition) is 3. The maximum atomic E-state index is 12.9. The fourth-order valence-corrected chi connectivity index (χ4v) is 3.50. The second-order valence-electron chi connectivity index (χ2n) is 6.60. The van der Waals surface area contributed by atoms with Gasteiger partial charge in [0, 0.05) is 19.6 Å². The first-order valence-electron chi connectivity index (χ1n) is 8.06. The van der Waals surface area contributed by atoms with Gasteiger partial charge < -0.3 is 10.4 Å². The van der Waals surface area contributed by atoms with Crippen LogP contribution in [0.15, 0.2) is 0 Å². The maximum absolute atomic E-state index is 12.9. The van der Waals surface area contributed by atoms with Gasteiger partial charge in [0.15, 0.2) is 0 Å². The minimum atomic E-state index is -4.56. The van der Waals surface area contributed by atoms with E-state index in [1.807, 2.05) is 0 Å². The molecule has 0 aromatic carbocycles. The van der Waals surface area contributed by atoms with Gasteiger partial charge in [-0.1, -0.05) is 19.3 Å². The Morgan fingerprint density at radius 3 is 2.30 bits per heavy atom. The zero-order chi connectivity index (χ0) is 17.0. The average molecular weight is 336 g/mol. The molecule has 23 heavy (non-hydrogen) atoms. The van der Waals surface area contributed by atoms with Gasteiger partial charge in [-0.25, -0.2) is 0 Å². The van der Waals surface area contributed by atoms with Crippen LogP contribution in [0.25, 0.3) is 0 Å². The number of rotatable bonds is 5. The number of nitrogens with zero attached hydrogens (tertiary/aromatic N) is 1. The Morgan fingerprint density at radius 1 is 1.13 bits per heavy atom. The summed E-state index contributed by atoms with van der Waals surface area (Å²) in [5, 5.41) is 11.7. The fourth-order valence-electron chi connectivity index (χ4n) is 3.50. The van der Waals surface area contributed by atoms with Crippen LogP contribution in [0, 0.1) is 17.8 Å². The Morgan fingerprint density at radius 2 is 1.78 bits per heavy atom. The third-order valence-corrected chi connectivity index (χ3v) is 4.81. The van der Waals surface area contributed by atoms with Gasteiger partial charge in [-0.15, -0.1) is 0 Å². The van der Waals surface area contributed by atoms with Gasteiger partial charge in [-0.05, 0) is 18.8 Å². The molecule has 1 aliphatic carbocycles. The lowest BCUT2D eigenvalue weighted by molar-refractivity contribution is -0.188. The van der Waals surface area contributed by atoms with Gasteiger partial charge in [0.1, 0.15) is 0 Å². The van der Waals surface area contributed by atoms with Crippen LogP contribution in [-0.2, 0) is 9.59 Å². The van der Waals surface area contributed by atoms with Crippen molar-refractivity contribution in [2.24, 2.45) is 17.8 Å². The summed E-state index contributed by atoms with van der Waals surface area (Å²) in [5.41, 5.74) is 0. The summed E-state index contributed by atoms with van der Waals surface area (Å²) < 4.78 is 38.6. The molecule has 0 aromatic heterocycles. The van der Waals surface area contributed by atoms with E-state index in [2.05, 4.69) is 5.32 Å². The standard InChI is InChI=1S/C15H23F3N2O3/c16-15(17,18)12-8-20(7-11(12)14(22)23)9-13(21)19-6-10-4-2-1-3-5-10/h10-12H,1-9H2,(H,19,21)(H,22,23)/t11-,12-/m1/s1. The number of hydrogen-bond donors (Lipinski definition) is 2. The molecule has 1 aliphatic heterocycles. The van der Waals surface area contributed by atoms with Crippen molar-refractivity contribution in [3.8, 4) is 0 Å². The minimum absolute atomic E-state index is 0.178. The highest BCUT2D eigenvalue weighted by atomic mass is 19.4. The van der Waals surface area contributed by atoms with Crippen molar-refractivity contribution in [2.75, 3.05) is 26.2 Å². The van der Waals surface area contributed by atoms with E-state index in [-0.39, 0.29) is 19.0 Å². The first-order valence-corrected chi connectivity index (χ1v) is 8.06. The monoisotopic (exact) mass is 336 g/mol. The number of carboxylic acid groups (broad SMARTS) is 1. The molecule has 2 N–H and O–H groups in total. The molecule has 132 valence electrons. The molecular weight excluding hydrogens is 313 g/mol. The lowest BCUT2D eigenvalue weighted by Gasteiger charge is -2.22. The number of likely N-dealkylation sites (tertiary alicyclic amines) is 1. The second kappa shape index (κ2) is 7.51. The summed E-state index contributed by atoms with van der Waals surface area (Å²) in [6.07, 6.45) is 1.10. The van der Waals surface area contributed by atoms with Crippen LogP contribution in [-0.4, -0.2) is 54.2 Å². The minimum Gasteiger partial charge on any atom is -0.481 e. The number of aliphatic carboxylic acids is 1. The van der Waals surface area contributed by atoms with Gasteiger partial charge in [-0.3, -0.25) is 14.5 Å². The Labute approximate surface area is 133 Å². The molecule has 2 atom stereocenters. The van der Waals surface area contributed by atoms with E-state index < -0.39 is 30.5 Å². The topological polar surface area (TPSA) is 69.6 Å². The lowest BCUT2D eigenvalue weighted by Crippen LogP contribution is -2.39. The fraction of sp³-hybridized carbons (Fsp3) is 0.867. The molecule has 5 nitrogen and oxygen atoms in total. The van der Waals surface area contributed by atoms with Crippen molar-refractivity contribution in [1.29, 1.82) is 0 Å². The summed E-state index contributed by atoms with van der Waals surface area (Å²) in [6, 6.07) is 0. The molecule has 0 radical (unpaired) electrons. The van der Waals surface area contributed by atoms with E-state index in [0.717, 1.165) is 25.7 Å². The summed E-state index contributed by atoms with van der Waals surface area (Å²) in [4.78, 5) is 24.2. The number of amides is 1. The number of halogens is 3. The van der Waals surface area contributed by atoms with Crippen LogP contribution in [0.1, 0.15) is 32.1 Å². The molecule has 8 heteroatoms. The molecule has 0 bridgehead atoms. The molecule has 0 spiro atoms. The van der Waals surface area contributed by atoms with E-state index in [4.69, 9.17) is 5.11 Å². The van der Waals surface area contributed by atoms with E-state index in [1.54, 1.807) is 0 Å². The molecule has 1 heterocycles. The molecule has 2 aliphatic rings. The second-order valence-corrected chi connectivity index (χ2v) is 6.60. The molecule has 2 fully saturated rings. The zero-order valence-electron chi connectivity index (χ0n) is 12.9.